The normalized spacial score (nSPS) is 21.9. The summed E-state index contributed by atoms with van der Waals surface area (Å²) in [5, 5.41) is 23.2. The smallest absolute Gasteiger partial charge is 0.408 e. The van der Waals surface area contributed by atoms with Gasteiger partial charge in [-0.25, -0.2) is 14.8 Å². The van der Waals surface area contributed by atoms with Gasteiger partial charge in [-0.15, -0.1) is 0 Å². The van der Waals surface area contributed by atoms with E-state index in [9.17, 15) is 15.2 Å². The van der Waals surface area contributed by atoms with Gasteiger partial charge in [-0.2, -0.15) is 5.26 Å². The van der Waals surface area contributed by atoms with Gasteiger partial charge < -0.3 is 10.0 Å². The molecular formula is C27H29N5O2S. The monoisotopic (exact) mass is 487 g/mol. The van der Waals surface area contributed by atoms with E-state index >= 15 is 0 Å². The van der Waals surface area contributed by atoms with E-state index in [0.717, 1.165) is 29.2 Å². The van der Waals surface area contributed by atoms with Gasteiger partial charge in [-0.05, 0) is 41.4 Å². The number of nitriles is 1. The molecule has 2 aliphatic rings. The van der Waals surface area contributed by atoms with E-state index in [2.05, 4.69) is 49.9 Å². The van der Waals surface area contributed by atoms with Gasteiger partial charge in [-0.3, -0.25) is 4.90 Å². The average Bonchev–Trinajstić information content (AvgIpc) is 3.10. The molecule has 1 aromatic heterocycles. The molecule has 2 saturated heterocycles. The molecule has 7 nitrogen and oxygen atoms in total. The molecule has 2 aromatic carbocycles. The molecule has 1 N–H and O–H groups in total. The summed E-state index contributed by atoms with van der Waals surface area (Å²) in [4.78, 5) is 25.7. The molecule has 2 fully saturated rings. The van der Waals surface area contributed by atoms with Crippen molar-refractivity contribution in [3.63, 3.8) is 0 Å². The largest absolute Gasteiger partial charge is 0.465 e. The summed E-state index contributed by atoms with van der Waals surface area (Å²) < 4.78 is 0. The minimum absolute atomic E-state index is 0.135. The van der Waals surface area contributed by atoms with Crippen molar-refractivity contribution in [1.29, 1.82) is 5.26 Å². The summed E-state index contributed by atoms with van der Waals surface area (Å²) in [6.07, 6.45) is 2.66. The summed E-state index contributed by atoms with van der Waals surface area (Å²) >= 11 is 1.44. The van der Waals surface area contributed by atoms with Crippen molar-refractivity contribution in [3.05, 3.63) is 48.0 Å². The van der Waals surface area contributed by atoms with E-state index in [1.54, 1.807) is 4.90 Å². The van der Waals surface area contributed by atoms with Crippen LogP contribution in [0.25, 0.3) is 22.0 Å². The molecule has 8 heteroatoms. The maximum absolute atomic E-state index is 12.3. The van der Waals surface area contributed by atoms with E-state index in [1.807, 2.05) is 30.5 Å². The number of nitrogens with zero attached hydrogens (tertiary/aromatic N) is 5. The van der Waals surface area contributed by atoms with Crippen molar-refractivity contribution in [2.45, 2.75) is 50.4 Å². The Labute approximate surface area is 209 Å². The van der Waals surface area contributed by atoms with Crippen LogP contribution in [0.15, 0.2) is 47.6 Å². The van der Waals surface area contributed by atoms with Gasteiger partial charge >= 0.3 is 6.09 Å². The van der Waals surface area contributed by atoms with Crippen LogP contribution in [0.3, 0.4) is 0 Å². The van der Waals surface area contributed by atoms with E-state index in [0.29, 0.717) is 35.3 Å². The van der Waals surface area contributed by atoms with E-state index in [4.69, 9.17) is 9.97 Å². The molecule has 0 unspecified atom stereocenters. The van der Waals surface area contributed by atoms with Crippen LogP contribution in [-0.2, 0) is 0 Å². The Balaban J connectivity index is 1.65. The third-order valence-electron chi connectivity index (χ3n) is 7.69. The first-order chi connectivity index (χ1) is 16.7. The Morgan fingerprint density at radius 1 is 1.20 bits per heavy atom. The molecule has 2 atom stereocenters. The van der Waals surface area contributed by atoms with Gasteiger partial charge in [0.15, 0.2) is 11.0 Å². The Hall–Kier alpha value is -3.31. The van der Waals surface area contributed by atoms with Crippen LogP contribution in [0.2, 0.25) is 0 Å². The SMILES string of the molecule is CSc1nc(-c2ccc3ccccc3c2)c(C#N)c(N2C[C@@H]3CC[C@@](C(C)(C)C)(C2)N3C(=O)O)n1. The quantitative estimate of drug-likeness (QED) is 0.377. The van der Waals surface area contributed by atoms with Crippen molar-refractivity contribution in [2.24, 2.45) is 5.41 Å². The number of rotatable bonds is 3. The lowest BCUT2D eigenvalue weighted by atomic mass is 9.71. The minimum Gasteiger partial charge on any atom is -0.465 e. The highest BCUT2D eigenvalue weighted by Gasteiger charge is 2.59. The van der Waals surface area contributed by atoms with Crippen molar-refractivity contribution >= 4 is 34.4 Å². The number of hydrogen-bond donors (Lipinski definition) is 1. The maximum Gasteiger partial charge on any atom is 0.408 e. The topological polar surface area (TPSA) is 93.4 Å². The second kappa shape index (κ2) is 8.42. The molecule has 3 heterocycles. The zero-order valence-electron chi connectivity index (χ0n) is 20.4. The second-order valence-corrected chi connectivity index (χ2v) is 11.2. The highest BCUT2D eigenvalue weighted by molar-refractivity contribution is 7.98. The first-order valence-electron chi connectivity index (χ1n) is 11.8. The molecule has 0 spiro atoms. The van der Waals surface area contributed by atoms with E-state index in [1.165, 1.54) is 11.8 Å². The molecule has 0 aliphatic carbocycles. The van der Waals surface area contributed by atoms with Crippen LogP contribution in [0, 0.1) is 16.7 Å². The average molecular weight is 488 g/mol. The van der Waals surface area contributed by atoms with Crippen LogP contribution < -0.4 is 4.90 Å². The molecule has 2 aliphatic heterocycles. The van der Waals surface area contributed by atoms with Crippen molar-refractivity contribution < 1.29 is 9.90 Å². The summed E-state index contributed by atoms with van der Waals surface area (Å²) in [5.74, 6) is 0.598. The number of carbonyl (C=O) groups is 1. The highest BCUT2D eigenvalue weighted by atomic mass is 32.2. The van der Waals surface area contributed by atoms with Crippen LogP contribution in [-0.4, -0.2) is 57.0 Å². The molecule has 3 aromatic rings. The third kappa shape index (κ3) is 3.69. The molecule has 0 radical (unpaired) electrons. The first kappa shape index (κ1) is 23.4. The van der Waals surface area contributed by atoms with Crippen LogP contribution in [0.4, 0.5) is 10.6 Å². The third-order valence-corrected chi connectivity index (χ3v) is 8.24. The van der Waals surface area contributed by atoms with Gasteiger partial charge in [0.2, 0.25) is 0 Å². The number of fused-ring (bicyclic) bond motifs is 3. The highest BCUT2D eigenvalue weighted by Crippen LogP contribution is 2.50. The van der Waals surface area contributed by atoms with Gasteiger partial charge in [0, 0.05) is 18.7 Å². The number of aromatic nitrogens is 2. The molecule has 0 saturated carbocycles. The number of anilines is 1. The zero-order valence-corrected chi connectivity index (χ0v) is 21.3. The fourth-order valence-electron chi connectivity index (χ4n) is 5.84. The zero-order chi connectivity index (χ0) is 25.0. The van der Waals surface area contributed by atoms with Gasteiger partial charge in [0.1, 0.15) is 11.6 Å². The Morgan fingerprint density at radius 3 is 2.60 bits per heavy atom. The molecular weight excluding hydrogens is 458 g/mol. The molecule has 1 amide bonds. The lowest BCUT2D eigenvalue weighted by Gasteiger charge is -2.54. The predicted molar refractivity (Wildman–Crippen MR) is 139 cm³/mol. The molecule has 2 bridgehead atoms. The lowest BCUT2D eigenvalue weighted by Crippen LogP contribution is -2.68. The van der Waals surface area contributed by atoms with Gasteiger partial charge in [0.25, 0.3) is 0 Å². The maximum atomic E-state index is 12.3. The van der Waals surface area contributed by atoms with Crippen molar-refractivity contribution in [1.82, 2.24) is 14.9 Å². The Morgan fingerprint density at radius 2 is 1.94 bits per heavy atom. The number of thioether (sulfide) groups is 1. The number of carboxylic acid groups (broad SMARTS) is 1. The summed E-state index contributed by atoms with van der Waals surface area (Å²) in [7, 11) is 0. The molecule has 35 heavy (non-hydrogen) atoms. The van der Waals surface area contributed by atoms with Gasteiger partial charge in [0.05, 0.1) is 17.3 Å². The molecule has 180 valence electrons. The summed E-state index contributed by atoms with van der Waals surface area (Å²) in [6, 6.07) is 16.5. The predicted octanol–water partition coefficient (Wildman–Crippen LogP) is 5.64. The fraction of sp³-hybridized carbons (Fsp3) is 0.407. The van der Waals surface area contributed by atoms with Crippen molar-refractivity contribution in [3.8, 4) is 17.3 Å². The first-order valence-corrected chi connectivity index (χ1v) is 13.0. The Kier molecular flexibility index (Phi) is 5.64. The minimum atomic E-state index is -0.869. The fourth-order valence-corrected chi connectivity index (χ4v) is 6.20. The van der Waals surface area contributed by atoms with E-state index in [-0.39, 0.29) is 11.5 Å². The Bertz CT molecular complexity index is 1360. The number of benzene rings is 2. The summed E-state index contributed by atoms with van der Waals surface area (Å²) in [5.41, 5.74) is 1.09. The standard InChI is InChI=1S/C27H29N5O2S/c1-26(2,3)27-12-11-20(32(27)25(33)34)15-31(16-27)23-21(14-28)22(29-24(30-23)35-4)19-10-9-17-7-5-6-8-18(17)13-19/h5-10,13,20H,11-12,15-16H2,1-4H3,(H,33,34)/t20-,27-/m0/s1. The van der Waals surface area contributed by atoms with E-state index < -0.39 is 11.6 Å². The van der Waals surface area contributed by atoms with Crippen LogP contribution in [0.5, 0.6) is 0 Å². The lowest BCUT2D eigenvalue weighted by molar-refractivity contribution is 0.00521. The van der Waals surface area contributed by atoms with Crippen LogP contribution in [0.1, 0.15) is 39.2 Å². The number of piperazine rings is 1. The summed E-state index contributed by atoms with van der Waals surface area (Å²) in [6.45, 7) is 7.33. The van der Waals surface area contributed by atoms with Gasteiger partial charge in [-0.1, -0.05) is 68.9 Å². The number of hydrogen-bond acceptors (Lipinski definition) is 6. The second-order valence-electron chi connectivity index (χ2n) is 10.4. The number of amides is 1. The van der Waals surface area contributed by atoms with Crippen LogP contribution >= 0.6 is 11.8 Å². The molecule has 5 rings (SSSR count). The van der Waals surface area contributed by atoms with Crippen molar-refractivity contribution in [2.75, 3.05) is 24.2 Å².